The van der Waals surface area contributed by atoms with Gasteiger partial charge in [-0.15, -0.1) is 0 Å². The Kier molecular flexibility index (Phi) is 10.1. The molecule has 0 saturated carbocycles. The van der Waals surface area contributed by atoms with E-state index in [4.69, 9.17) is 14.2 Å². The third kappa shape index (κ3) is 7.23. The Labute approximate surface area is 274 Å². The molecule has 3 aromatic rings. The molecule has 1 aromatic carbocycles. The molecule has 2 N–H and O–H groups in total. The molecule has 0 spiro atoms. The number of hydrogen-bond acceptors (Lipinski definition) is 12. The molecule has 0 unspecified atom stereocenters. The first-order chi connectivity index (χ1) is 23.2. The Morgan fingerprint density at radius 2 is 1.85 bits per heavy atom. The van der Waals surface area contributed by atoms with E-state index in [2.05, 4.69) is 36.1 Å². The minimum absolute atomic E-state index is 0.0433. The molecule has 3 aliphatic heterocycles. The van der Waals surface area contributed by atoms with Crippen LogP contribution in [0.1, 0.15) is 18.4 Å². The average Bonchev–Trinajstić information content (AvgIpc) is 3.08. The molecule has 16 heteroatoms. The van der Waals surface area contributed by atoms with Crippen molar-refractivity contribution in [2.75, 3.05) is 69.8 Å². The lowest BCUT2D eigenvalue weighted by molar-refractivity contribution is -0.150. The Bertz CT molecular complexity index is 1660. The zero-order valence-electron chi connectivity index (χ0n) is 26.2. The van der Waals surface area contributed by atoms with Crippen molar-refractivity contribution in [3.05, 3.63) is 47.9 Å². The number of amides is 1. The summed E-state index contributed by atoms with van der Waals surface area (Å²) in [7, 11) is 1.55. The van der Waals surface area contributed by atoms with Gasteiger partial charge in [-0.25, -0.2) is 23.1 Å². The number of piperidine rings is 1. The van der Waals surface area contributed by atoms with Gasteiger partial charge in [0.25, 0.3) is 12.3 Å². The number of aromatic nitrogens is 3. The summed E-state index contributed by atoms with van der Waals surface area (Å²) in [6, 6.07) is 10.8. The second-order valence-electron chi connectivity index (χ2n) is 11.7. The molecule has 6 rings (SSSR count). The quantitative estimate of drug-likeness (QED) is 0.327. The van der Waals surface area contributed by atoms with Crippen molar-refractivity contribution in [3.63, 3.8) is 0 Å². The molecule has 3 saturated heterocycles. The number of aliphatic hydroxyl groups is 1. The van der Waals surface area contributed by atoms with Crippen LogP contribution in [0.5, 0.6) is 11.6 Å². The minimum Gasteiger partial charge on any atom is -0.489 e. The molecule has 3 fully saturated rings. The number of pyridine rings is 1. The maximum atomic E-state index is 15.0. The van der Waals surface area contributed by atoms with Crippen LogP contribution < -0.4 is 19.7 Å². The Hall–Kier alpha value is -4.72. The van der Waals surface area contributed by atoms with Crippen molar-refractivity contribution in [1.82, 2.24) is 24.8 Å². The van der Waals surface area contributed by atoms with Crippen molar-refractivity contribution in [2.24, 2.45) is 0 Å². The largest absolute Gasteiger partial charge is 0.489 e. The highest BCUT2D eigenvalue weighted by Gasteiger charge is 2.33. The third-order valence-corrected chi connectivity index (χ3v) is 8.72. The lowest BCUT2D eigenvalue weighted by atomic mass is 10.0. The molecule has 0 bridgehead atoms. The number of carbonyl (C=O) groups excluding carboxylic acids is 1. The fraction of sp³-hybridized carbons (Fsp3) is 0.469. The van der Waals surface area contributed by atoms with E-state index >= 15 is 0 Å². The number of nitrogens with one attached hydrogen (secondary N) is 1. The standard InChI is InChI=1S/C32H35F3N8O5/c1-46-30-24(42-12-10-41(11-13-42)21-17-47-18-21)3-5-26(38-30)39-32-37-16-23(33)27(40-32)19-2-4-25(20(14-19)15-36)48-22-6-8-43(9-7-22)31(45)28(44)29(34)35/h2-5,14,16,21-22,28-29,44H,6-13,17-18H2,1H3,(H,37,38,39,40)/t28-/m1/s1. The summed E-state index contributed by atoms with van der Waals surface area (Å²) in [5.74, 6) is -0.558. The molecular weight excluding hydrogens is 633 g/mol. The van der Waals surface area contributed by atoms with Crippen LogP contribution >= 0.6 is 0 Å². The van der Waals surface area contributed by atoms with Gasteiger partial charge in [-0.1, -0.05) is 0 Å². The number of anilines is 3. The van der Waals surface area contributed by atoms with Gasteiger partial charge in [0, 0.05) is 57.7 Å². The molecule has 1 atom stereocenters. The van der Waals surface area contributed by atoms with Gasteiger partial charge in [0.05, 0.1) is 38.1 Å². The first-order valence-electron chi connectivity index (χ1n) is 15.6. The highest BCUT2D eigenvalue weighted by Crippen LogP contribution is 2.32. The molecule has 5 heterocycles. The van der Waals surface area contributed by atoms with E-state index < -0.39 is 30.4 Å². The number of benzene rings is 1. The number of alkyl halides is 2. The van der Waals surface area contributed by atoms with Crippen molar-refractivity contribution < 1.29 is 37.3 Å². The molecule has 0 aliphatic carbocycles. The van der Waals surface area contributed by atoms with Gasteiger partial charge in [0.15, 0.2) is 11.9 Å². The monoisotopic (exact) mass is 668 g/mol. The molecule has 0 radical (unpaired) electrons. The van der Waals surface area contributed by atoms with Crippen LogP contribution in [0.15, 0.2) is 36.5 Å². The van der Waals surface area contributed by atoms with Gasteiger partial charge in [-0.2, -0.15) is 10.2 Å². The topological polar surface area (TPSA) is 149 Å². The first-order valence-corrected chi connectivity index (χ1v) is 15.6. The van der Waals surface area contributed by atoms with Crippen molar-refractivity contribution in [1.29, 1.82) is 5.26 Å². The SMILES string of the molecule is COc1nc(Nc2ncc(F)c(-c3ccc(OC4CCN(C(=O)[C@H](O)C(F)F)CC4)c(C#N)c3)n2)ccc1N1CCN(C2COC2)CC1. The second kappa shape index (κ2) is 14.6. The molecular formula is C32H35F3N8O5. The Balaban J connectivity index is 1.11. The molecule has 1 amide bonds. The highest BCUT2D eigenvalue weighted by atomic mass is 19.3. The lowest BCUT2D eigenvalue weighted by Crippen LogP contribution is -2.56. The maximum Gasteiger partial charge on any atom is 0.273 e. The van der Waals surface area contributed by atoms with Crippen LogP contribution in [-0.2, 0) is 9.53 Å². The fourth-order valence-corrected chi connectivity index (χ4v) is 5.94. The van der Waals surface area contributed by atoms with Gasteiger partial charge in [0.2, 0.25) is 11.8 Å². The summed E-state index contributed by atoms with van der Waals surface area (Å²) in [5, 5.41) is 22.2. The van der Waals surface area contributed by atoms with Crippen LogP contribution in [0.25, 0.3) is 11.3 Å². The average molecular weight is 669 g/mol. The van der Waals surface area contributed by atoms with E-state index in [9.17, 15) is 28.3 Å². The number of ether oxygens (including phenoxy) is 3. The summed E-state index contributed by atoms with van der Waals surface area (Å²) >= 11 is 0. The summed E-state index contributed by atoms with van der Waals surface area (Å²) in [5.41, 5.74) is 1.27. The number of likely N-dealkylation sites (tertiary alicyclic amines) is 1. The van der Waals surface area contributed by atoms with E-state index in [0.29, 0.717) is 36.1 Å². The van der Waals surface area contributed by atoms with E-state index in [1.165, 1.54) is 17.0 Å². The molecule has 3 aliphatic rings. The smallest absolute Gasteiger partial charge is 0.273 e. The number of piperazine rings is 1. The van der Waals surface area contributed by atoms with Crippen molar-refractivity contribution in [2.45, 2.75) is 37.5 Å². The number of halogens is 3. The number of carbonyl (C=O) groups is 1. The summed E-state index contributed by atoms with van der Waals surface area (Å²) < 4.78 is 57.3. The fourth-order valence-electron chi connectivity index (χ4n) is 5.94. The summed E-state index contributed by atoms with van der Waals surface area (Å²) in [6.45, 7) is 5.30. The number of methoxy groups -OCH3 is 1. The van der Waals surface area contributed by atoms with E-state index in [1.807, 2.05) is 6.07 Å². The Morgan fingerprint density at radius 1 is 1.10 bits per heavy atom. The number of aliphatic hydroxyl groups excluding tert-OH is 1. The van der Waals surface area contributed by atoms with Gasteiger partial charge < -0.3 is 34.4 Å². The van der Waals surface area contributed by atoms with Gasteiger partial charge in [-0.3, -0.25) is 9.69 Å². The molecule has 13 nitrogen and oxygen atoms in total. The minimum atomic E-state index is -3.16. The number of nitriles is 1. The van der Waals surface area contributed by atoms with E-state index in [1.54, 1.807) is 19.2 Å². The second-order valence-corrected chi connectivity index (χ2v) is 11.7. The zero-order chi connectivity index (χ0) is 33.8. The van der Waals surface area contributed by atoms with Crippen LogP contribution in [0.4, 0.5) is 30.6 Å². The highest BCUT2D eigenvalue weighted by molar-refractivity contribution is 5.81. The van der Waals surface area contributed by atoms with Crippen molar-refractivity contribution >= 4 is 23.4 Å². The van der Waals surface area contributed by atoms with Crippen LogP contribution in [0, 0.1) is 17.1 Å². The van der Waals surface area contributed by atoms with Gasteiger partial charge in [-0.05, 0) is 30.3 Å². The lowest BCUT2D eigenvalue weighted by Gasteiger charge is -2.43. The predicted molar refractivity (Wildman–Crippen MR) is 167 cm³/mol. The summed E-state index contributed by atoms with van der Waals surface area (Å²) in [6.07, 6.45) is -4.26. The summed E-state index contributed by atoms with van der Waals surface area (Å²) in [4.78, 5) is 30.8. The number of rotatable bonds is 10. The van der Waals surface area contributed by atoms with Crippen LogP contribution in [0.2, 0.25) is 0 Å². The normalized spacial score (nSPS) is 18.3. The van der Waals surface area contributed by atoms with Crippen molar-refractivity contribution in [3.8, 4) is 29.0 Å². The third-order valence-electron chi connectivity index (χ3n) is 8.72. The predicted octanol–water partition coefficient (Wildman–Crippen LogP) is 2.82. The molecule has 2 aromatic heterocycles. The van der Waals surface area contributed by atoms with Crippen LogP contribution in [-0.4, -0.2) is 120 Å². The zero-order valence-corrected chi connectivity index (χ0v) is 26.2. The van der Waals surface area contributed by atoms with E-state index in [-0.39, 0.29) is 36.0 Å². The number of nitrogens with zero attached hydrogens (tertiary/aromatic N) is 7. The molecule has 48 heavy (non-hydrogen) atoms. The number of hydrogen-bond donors (Lipinski definition) is 2. The first kappa shape index (κ1) is 33.2. The Morgan fingerprint density at radius 3 is 2.50 bits per heavy atom. The van der Waals surface area contributed by atoms with Gasteiger partial charge >= 0.3 is 0 Å². The van der Waals surface area contributed by atoms with Crippen LogP contribution in [0.3, 0.4) is 0 Å². The maximum absolute atomic E-state index is 15.0. The van der Waals surface area contributed by atoms with Gasteiger partial charge in [0.1, 0.15) is 35.1 Å². The molecule has 254 valence electrons. The van der Waals surface area contributed by atoms with E-state index in [0.717, 1.165) is 51.3 Å².